The highest BCUT2D eigenvalue weighted by atomic mass is 16.5. The molecule has 0 spiro atoms. The van der Waals surface area contributed by atoms with Crippen molar-refractivity contribution >= 4 is 11.6 Å². The molecule has 5 heteroatoms. The Labute approximate surface area is 142 Å². The summed E-state index contributed by atoms with van der Waals surface area (Å²) in [5, 5.41) is 4.19. The molecular weight excluding hydrogens is 304 g/mol. The number of hydrazone groups is 1. The van der Waals surface area contributed by atoms with Gasteiger partial charge in [-0.05, 0) is 31.0 Å². The van der Waals surface area contributed by atoms with Crippen LogP contribution in [0.3, 0.4) is 0 Å². The van der Waals surface area contributed by atoms with Crippen molar-refractivity contribution < 1.29 is 14.3 Å². The molecule has 2 aromatic rings. The molecule has 0 atom stereocenters. The number of carbonyl (C=O) groups excluding carboxylic acids is 1. The number of benzene rings is 2. The van der Waals surface area contributed by atoms with Crippen molar-refractivity contribution in [3.8, 4) is 11.5 Å². The fraction of sp³-hybridized carbons (Fsp3) is 0.263. The Hall–Kier alpha value is -2.82. The SMILES string of the molecule is CCOc1ccccc1OCC(=O)NN=C(CC)c1ccccc1. The number of amides is 1. The predicted octanol–water partition coefficient (Wildman–Crippen LogP) is 3.39. The van der Waals surface area contributed by atoms with Crippen LogP contribution < -0.4 is 14.9 Å². The Bertz CT molecular complexity index is 684. The van der Waals surface area contributed by atoms with E-state index in [-0.39, 0.29) is 12.5 Å². The minimum atomic E-state index is -0.316. The first kappa shape index (κ1) is 17.5. The van der Waals surface area contributed by atoms with E-state index < -0.39 is 0 Å². The number of hydrogen-bond donors (Lipinski definition) is 1. The number of carbonyl (C=O) groups is 1. The van der Waals surface area contributed by atoms with E-state index in [2.05, 4.69) is 10.5 Å². The molecule has 1 N–H and O–H groups in total. The van der Waals surface area contributed by atoms with Gasteiger partial charge in [0.25, 0.3) is 5.91 Å². The molecule has 0 aromatic heterocycles. The van der Waals surface area contributed by atoms with E-state index in [4.69, 9.17) is 9.47 Å². The van der Waals surface area contributed by atoms with Crippen LogP contribution in [0.15, 0.2) is 59.7 Å². The molecule has 24 heavy (non-hydrogen) atoms. The first-order valence-electron chi connectivity index (χ1n) is 8.00. The van der Waals surface area contributed by atoms with Crippen molar-refractivity contribution in [3.63, 3.8) is 0 Å². The van der Waals surface area contributed by atoms with Crippen LogP contribution in [0.1, 0.15) is 25.8 Å². The maximum Gasteiger partial charge on any atom is 0.277 e. The minimum absolute atomic E-state index is 0.126. The van der Waals surface area contributed by atoms with Gasteiger partial charge in [0.2, 0.25) is 0 Å². The van der Waals surface area contributed by atoms with Crippen LogP contribution in [0.5, 0.6) is 11.5 Å². The highest BCUT2D eigenvalue weighted by Gasteiger charge is 2.07. The Kier molecular flexibility index (Phi) is 6.83. The predicted molar refractivity (Wildman–Crippen MR) is 94.5 cm³/mol. The third-order valence-corrected chi connectivity index (χ3v) is 3.27. The van der Waals surface area contributed by atoms with Crippen molar-refractivity contribution in [3.05, 3.63) is 60.2 Å². The summed E-state index contributed by atoms with van der Waals surface area (Å²) in [6.07, 6.45) is 0.721. The lowest BCUT2D eigenvalue weighted by Crippen LogP contribution is -2.26. The molecule has 0 fully saturated rings. The topological polar surface area (TPSA) is 59.9 Å². The summed E-state index contributed by atoms with van der Waals surface area (Å²) in [4.78, 5) is 12.0. The van der Waals surface area contributed by atoms with Gasteiger partial charge in [-0.25, -0.2) is 5.43 Å². The summed E-state index contributed by atoms with van der Waals surface area (Å²) in [6.45, 7) is 4.30. The summed E-state index contributed by atoms with van der Waals surface area (Å²) in [7, 11) is 0. The Balaban J connectivity index is 1.93. The second-order valence-corrected chi connectivity index (χ2v) is 4.98. The van der Waals surface area contributed by atoms with Gasteiger partial charge in [-0.3, -0.25) is 4.79 Å². The quantitative estimate of drug-likeness (QED) is 0.597. The molecular formula is C19H22N2O3. The van der Waals surface area contributed by atoms with E-state index in [0.717, 1.165) is 17.7 Å². The van der Waals surface area contributed by atoms with E-state index in [9.17, 15) is 4.79 Å². The van der Waals surface area contributed by atoms with Crippen LogP contribution in [-0.4, -0.2) is 24.8 Å². The molecule has 5 nitrogen and oxygen atoms in total. The van der Waals surface area contributed by atoms with E-state index >= 15 is 0 Å². The van der Waals surface area contributed by atoms with E-state index in [1.165, 1.54) is 0 Å². The zero-order chi connectivity index (χ0) is 17.2. The standard InChI is InChI=1S/C19H22N2O3/c1-3-16(15-10-6-5-7-11-15)20-21-19(22)14-24-18-13-9-8-12-17(18)23-4-2/h5-13H,3-4,14H2,1-2H3,(H,21,22). The van der Waals surface area contributed by atoms with Crippen molar-refractivity contribution in [2.75, 3.05) is 13.2 Å². The number of rotatable bonds is 8. The average Bonchev–Trinajstić information content (AvgIpc) is 2.62. The molecule has 0 radical (unpaired) electrons. The van der Waals surface area contributed by atoms with Gasteiger partial charge in [-0.1, -0.05) is 49.4 Å². The molecule has 2 aromatic carbocycles. The van der Waals surface area contributed by atoms with Gasteiger partial charge >= 0.3 is 0 Å². The van der Waals surface area contributed by atoms with Gasteiger partial charge in [-0.2, -0.15) is 5.10 Å². The van der Waals surface area contributed by atoms with E-state index in [1.807, 2.05) is 56.3 Å². The molecule has 0 bridgehead atoms. The molecule has 0 heterocycles. The van der Waals surface area contributed by atoms with Gasteiger partial charge in [-0.15, -0.1) is 0 Å². The van der Waals surface area contributed by atoms with Crippen LogP contribution in [0.25, 0.3) is 0 Å². The third kappa shape index (κ3) is 5.12. The normalized spacial score (nSPS) is 11.0. The summed E-state index contributed by atoms with van der Waals surface area (Å²) in [5.74, 6) is 0.843. The summed E-state index contributed by atoms with van der Waals surface area (Å²) in [6, 6.07) is 17.0. The molecule has 1 amide bonds. The van der Waals surface area contributed by atoms with Crippen LogP contribution in [0.2, 0.25) is 0 Å². The Morgan fingerprint density at radius 1 is 0.958 bits per heavy atom. The smallest absolute Gasteiger partial charge is 0.277 e. The molecule has 0 aliphatic heterocycles. The molecule has 0 saturated carbocycles. The second-order valence-electron chi connectivity index (χ2n) is 4.98. The first-order chi connectivity index (χ1) is 11.7. The summed E-state index contributed by atoms with van der Waals surface area (Å²) < 4.78 is 11.0. The molecule has 0 unspecified atom stereocenters. The highest BCUT2D eigenvalue weighted by Crippen LogP contribution is 2.26. The lowest BCUT2D eigenvalue weighted by atomic mass is 10.1. The second kappa shape index (κ2) is 9.35. The highest BCUT2D eigenvalue weighted by molar-refractivity contribution is 6.00. The van der Waals surface area contributed by atoms with Crippen LogP contribution >= 0.6 is 0 Å². The number of ether oxygens (including phenoxy) is 2. The van der Waals surface area contributed by atoms with Gasteiger partial charge in [0, 0.05) is 0 Å². The van der Waals surface area contributed by atoms with Gasteiger partial charge in [0.05, 0.1) is 12.3 Å². The van der Waals surface area contributed by atoms with E-state index in [0.29, 0.717) is 18.1 Å². The van der Waals surface area contributed by atoms with Gasteiger partial charge < -0.3 is 9.47 Å². The minimum Gasteiger partial charge on any atom is -0.490 e. The van der Waals surface area contributed by atoms with Crippen molar-refractivity contribution in [2.45, 2.75) is 20.3 Å². The summed E-state index contributed by atoms with van der Waals surface area (Å²) >= 11 is 0. The number of para-hydroxylation sites is 2. The zero-order valence-corrected chi connectivity index (χ0v) is 14.0. The Morgan fingerprint density at radius 2 is 1.58 bits per heavy atom. The monoisotopic (exact) mass is 326 g/mol. The van der Waals surface area contributed by atoms with E-state index in [1.54, 1.807) is 12.1 Å². The maximum atomic E-state index is 12.0. The van der Waals surface area contributed by atoms with Crippen molar-refractivity contribution in [1.82, 2.24) is 5.43 Å². The van der Waals surface area contributed by atoms with Crippen molar-refractivity contribution in [1.29, 1.82) is 0 Å². The lowest BCUT2D eigenvalue weighted by molar-refractivity contribution is -0.123. The Morgan fingerprint density at radius 3 is 2.21 bits per heavy atom. The first-order valence-corrected chi connectivity index (χ1v) is 8.00. The average molecular weight is 326 g/mol. The summed E-state index contributed by atoms with van der Waals surface area (Å²) in [5.41, 5.74) is 4.34. The number of nitrogens with one attached hydrogen (secondary N) is 1. The molecule has 2 rings (SSSR count). The van der Waals surface area contributed by atoms with Crippen LogP contribution in [-0.2, 0) is 4.79 Å². The largest absolute Gasteiger partial charge is 0.490 e. The molecule has 0 aliphatic rings. The fourth-order valence-corrected chi connectivity index (χ4v) is 2.13. The lowest BCUT2D eigenvalue weighted by Gasteiger charge is -2.11. The maximum absolute atomic E-state index is 12.0. The zero-order valence-electron chi connectivity index (χ0n) is 14.0. The molecule has 0 aliphatic carbocycles. The van der Waals surface area contributed by atoms with Crippen LogP contribution in [0, 0.1) is 0 Å². The van der Waals surface area contributed by atoms with Crippen LogP contribution in [0.4, 0.5) is 0 Å². The van der Waals surface area contributed by atoms with Crippen molar-refractivity contribution in [2.24, 2.45) is 5.10 Å². The molecule has 126 valence electrons. The fourth-order valence-electron chi connectivity index (χ4n) is 2.13. The van der Waals surface area contributed by atoms with Gasteiger partial charge in [0.15, 0.2) is 18.1 Å². The molecule has 0 saturated heterocycles. The van der Waals surface area contributed by atoms with Gasteiger partial charge in [0.1, 0.15) is 0 Å². The third-order valence-electron chi connectivity index (χ3n) is 3.27. The number of nitrogens with zero attached hydrogens (tertiary/aromatic N) is 1. The number of hydrogen-bond acceptors (Lipinski definition) is 4.